The van der Waals surface area contributed by atoms with Crippen molar-refractivity contribution in [1.82, 2.24) is 15.0 Å². The van der Waals surface area contributed by atoms with Gasteiger partial charge in [0.05, 0.1) is 18.3 Å². The Morgan fingerprint density at radius 3 is 2.52 bits per heavy atom. The van der Waals surface area contributed by atoms with Crippen LogP contribution < -0.4 is 11.5 Å². The van der Waals surface area contributed by atoms with Gasteiger partial charge in [-0.3, -0.25) is 4.79 Å². The third kappa shape index (κ3) is 2.38. The second-order valence-corrected chi connectivity index (χ2v) is 5.53. The average Bonchev–Trinajstić information content (AvgIpc) is 3.09. The molecular formula is C14H20ClN5O. The Morgan fingerprint density at radius 2 is 1.95 bits per heavy atom. The van der Waals surface area contributed by atoms with Crippen LogP contribution in [-0.4, -0.2) is 26.9 Å². The highest BCUT2D eigenvalue weighted by atomic mass is 35.5. The third-order valence-corrected chi connectivity index (χ3v) is 4.51. The smallest absolute Gasteiger partial charge is 0.227 e. The second kappa shape index (κ2) is 5.99. The number of nitrogens with two attached hydrogens (primary N) is 2. The van der Waals surface area contributed by atoms with Crippen molar-refractivity contribution in [2.24, 2.45) is 23.3 Å². The van der Waals surface area contributed by atoms with Crippen molar-refractivity contribution in [2.45, 2.75) is 30.8 Å². The Bertz CT molecular complexity index is 556. The number of allylic oxidation sites excluding steroid dienone is 3. The molecule has 1 amide bonds. The van der Waals surface area contributed by atoms with Gasteiger partial charge < -0.3 is 11.5 Å². The maximum absolute atomic E-state index is 12.0. The van der Waals surface area contributed by atoms with Crippen LogP contribution in [-0.2, 0) is 10.3 Å². The summed E-state index contributed by atoms with van der Waals surface area (Å²) in [6, 6.07) is 0.0269. The maximum atomic E-state index is 12.0. The lowest BCUT2D eigenvalue weighted by atomic mass is 9.69. The molecule has 0 bridgehead atoms. The van der Waals surface area contributed by atoms with Crippen molar-refractivity contribution < 1.29 is 4.79 Å². The molecule has 0 spiro atoms. The third-order valence-electron chi connectivity index (χ3n) is 4.51. The highest BCUT2D eigenvalue weighted by Gasteiger charge is 2.52. The molecule has 21 heavy (non-hydrogen) atoms. The van der Waals surface area contributed by atoms with Crippen LogP contribution in [0, 0.1) is 11.8 Å². The molecule has 2 aliphatic carbocycles. The molecule has 3 rings (SSSR count). The van der Waals surface area contributed by atoms with Gasteiger partial charge in [0.1, 0.15) is 5.54 Å². The van der Waals surface area contributed by atoms with Crippen molar-refractivity contribution >= 4 is 18.3 Å². The fourth-order valence-electron chi connectivity index (χ4n) is 3.64. The number of nitrogens with zero attached hydrogens (tertiary/aromatic N) is 3. The minimum atomic E-state index is -0.681. The molecule has 2 aliphatic rings. The van der Waals surface area contributed by atoms with E-state index in [9.17, 15) is 4.79 Å². The van der Waals surface area contributed by atoms with Crippen LogP contribution in [0.1, 0.15) is 19.3 Å². The molecule has 1 fully saturated rings. The molecular weight excluding hydrogens is 290 g/mol. The van der Waals surface area contributed by atoms with E-state index in [0.717, 1.165) is 19.3 Å². The van der Waals surface area contributed by atoms with E-state index in [-0.39, 0.29) is 30.3 Å². The molecule has 0 radical (unpaired) electrons. The van der Waals surface area contributed by atoms with E-state index in [1.165, 1.54) is 0 Å². The minimum absolute atomic E-state index is 0. The van der Waals surface area contributed by atoms with Crippen LogP contribution in [0.2, 0.25) is 0 Å². The highest BCUT2D eigenvalue weighted by Crippen LogP contribution is 2.45. The molecule has 0 aromatic carbocycles. The zero-order chi connectivity index (χ0) is 14.2. The lowest BCUT2D eigenvalue weighted by Gasteiger charge is -2.42. The first-order chi connectivity index (χ1) is 9.66. The van der Waals surface area contributed by atoms with E-state index in [4.69, 9.17) is 11.5 Å². The molecule has 4 atom stereocenters. The summed E-state index contributed by atoms with van der Waals surface area (Å²) >= 11 is 0. The van der Waals surface area contributed by atoms with Gasteiger partial charge in [0.25, 0.3) is 0 Å². The number of rotatable bonds is 3. The summed E-state index contributed by atoms with van der Waals surface area (Å²) < 4.78 is 0. The predicted octanol–water partition coefficient (Wildman–Crippen LogP) is 0.750. The van der Waals surface area contributed by atoms with Crippen LogP contribution in [0.15, 0.2) is 36.7 Å². The number of carbonyl (C=O) groups is 1. The molecule has 114 valence electrons. The molecule has 4 N–H and O–H groups in total. The van der Waals surface area contributed by atoms with Gasteiger partial charge in [0.15, 0.2) is 0 Å². The number of hydrogen-bond donors (Lipinski definition) is 2. The van der Waals surface area contributed by atoms with E-state index in [1.54, 1.807) is 17.2 Å². The number of aromatic nitrogens is 3. The molecule has 1 heterocycles. The van der Waals surface area contributed by atoms with Crippen molar-refractivity contribution in [3.05, 3.63) is 36.7 Å². The predicted molar refractivity (Wildman–Crippen MR) is 81.5 cm³/mol. The Kier molecular flexibility index (Phi) is 4.49. The van der Waals surface area contributed by atoms with Crippen LogP contribution in [0.3, 0.4) is 0 Å². The summed E-state index contributed by atoms with van der Waals surface area (Å²) in [5.41, 5.74) is 11.2. The Labute approximate surface area is 129 Å². The highest BCUT2D eigenvalue weighted by molar-refractivity contribution is 5.85. The number of amides is 1. The van der Waals surface area contributed by atoms with E-state index in [0.29, 0.717) is 0 Å². The van der Waals surface area contributed by atoms with Gasteiger partial charge in [-0.25, -0.2) is 0 Å². The van der Waals surface area contributed by atoms with E-state index < -0.39 is 11.5 Å². The monoisotopic (exact) mass is 309 g/mol. The van der Waals surface area contributed by atoms with Gasteiger partial charge in [-0.15, -0.1) is 12.4 Å². The van der Waals surface area contributed by atoms with Crippen molar-refractivity contribution in [1.29, 1.82) is 0 Å². The van der Waals surface area contributed by atoms with Gasteiger partial charge in [-0.2, -0.15) is 15.0 Å². The molecule has 1 saturated carbocycles. The standard InChI is InChI=1S/C14H19N5O.ClH/c15-12-6-3-5-10(12)14(19-17-8-9-18-19)7-2-1-4-11(14)13(16)20;/h1-2,4,7-12H,3,5-6,15H2,(H2,16,20);1H/t10-,11?,12-,14?;/m0./s1. The van der Waals surface area contributed by atoms with Crippen LogP contribution >= 0.6 is 12.4 Å². The molecule has 0 aliphatic heterocycles. The minimum Gasteiger partial charge on any atom is -0.369 e. The summed E-state index contributed by atoms with van der Waals surface area (Å²) in [4.78, 5) is 13.6. The lowest BCUT2D eigenvalue weighted by Crippen LogP contribution is -2.55. The number of hydrogen-bond acceptors (Lipinski definition) is 4. The van der Waals surface area contributed by atoms with Gasteiger partial charge in [-0.1, -0.05) is 30.7 Å². The first kappa shape index (κ1) is 15.7. The van der Waals surface area contributed by atoms with Gasteiger partial charge in [-0.05, 0) is 12.8 Å². The number of halogens is 1. The van der Waals surface area contributed by atoms with Crippen LogP contribution in [0.25, 0.3) is 0 Å². The Morgan fingerprint density at radius 1 is 1.24 bits per heavy atom. The summed E-state index contributed by atoms with van der Waals surface area (Å²) in [7, 11) is 0. The summed E-state index contributed by atoms with van der Waals surface area (Å²) in [5.74, 6) is -0.746. The molecule has 1 aromatic heterocycles. The number of carbonyl (C=O) groups excluding carboxylic acids is 1. The zero-order valence-electron chi connectivity index (χ0n) is 11.6. The maximum Gasteiger partial charge on any atom is 0.227 e. The summed E-state index contributed by atoms with van der Waals surface area (Å²) in [6.07, 6.45) is 13.8. The van der Waals surface area contributed by atoms with Gasteiger partial charge in [0.2, 0.25) is 5.91 Å². The van der Waals surface area contributed by atoms with Crippen LogP contribution in [0.4, 0.5) is 0 Å². The van der Waals surface area contributed by atoms with Crippen molar-refractivity contribution in [3.8, 4) is 0 Å². The summed E-state index contributed by atoms with van der Waals surface area (Å²) in [6.45, 7) is 0. The first-order valence-corrected chi connectivity index (χ1v) is 6.94. The van der Waals surface area contributed by atoms with Gasteiger partial charge >= 0.3 is 0 Å². The van der Waals surface area contributed by atoms with Crippen molar-refractivity contribution in [3.63, 3.8) is 0 Å². The second-order valence-electron chi connectivity index (χ2n) is 5.53. The quantitative estimate of drug-likeness (QED) is 0.860. The topological polar surface area (TPSA) is 99.8 Å². The van der Waals surface area contributed by atoms with E-state index in [1.807, 2.05) is 24.3 Å². The fourth-order valence-corrected chi connectivity index (χ4v) is 3.64. The molecule has 0 saturated heterocycles. The molecule has 2 unspecified atom stereocenters. The van der Waals surface area contributed by atoms with Gasteiger partial charge in [0, 0.05) is 12.0 Å². The van der Waals surface area contributed by atoms with Crippen molar-refractivity contribution in [2.75, 3.05) is 0 Å². The fraction of sp³-hybridized carbons (Fsp3) is 0.500. The normalized spacial score (nSPS) is 34.6. The van der Waals surface area contributed by atoms with E-state index in [2.05, 4.69) is 10.2 Å². The average molecular weight is 310 g/mol. The molecule has 1 aromatic rings. The first-order valence-electron chi connectivity index (χ1n) is 6.94. The molecule has 7 heteroatoms. The summed E-state index contributed by atoms with van der Waals surface area (Å²) in [5, 5.41) is 8.56. The lowest BCUT2D eigenvalue weighted by molar-refractivity contribution is -0.124. The zero-order valence-corrected chi connectivity index (χ0v) is 12.4. The molecule has 6 nitrogen and oxygen atoms in total. The number of primary amides is 1. The van der Waals surface area contributed by atoms with E-state index >= 15 is 0 Å². The largest absolute Gasteiger partial charge is 0.369 e. The van der Waals surface area contributed by atoms with Crippen LogP contribution in [0.5, 0.6) is 0 Å². The Balaban J connectivity index is 0.00000161. The SMILES string of the molecule is Cl.NC(=O)C1C=CC=CC1([C@H]1CCC[C@@H]1N)n1nccn1. The Hall–Kier alpha value is -1.66.